The lowest BCUT2D eigenvalue weighted by Crippen LogP contribution is -2.11. The second-order valence-corrected chi connectivity index (χ2v) is 1.94. The molecule has 0 amide bonds. The summed E-state index contributed by atoms with van der Waals surface area (Å²) in [7, 11) is 0. The lowest BCUT2D eigenvalue weighted by molar-refractivity contribution is 1.09. The van der Waals surface area contributed by atoms with Crippen molar-refractivity contribution in [3.63, 3.8) is 0 Å². The Balaban J connectivity index is 3.52. The Morgan fingerprint density at radius 1 is 1.67 bits per heavy atom. The van der Waals surface area contributed by atoms with Crippen LogP contribution in [0.15, 0.2) is 11.0 Å². The molecule has 4 N–H and O–H groups in total. The van der Waals surface area contributed by atoms with E-state index in [0.29, 0.717) is 0 Å². The fourth-order valence-corrected chi connectivity index (χ4v) is 0.572. The molecule has 0 saturated heterocycles. The van der Waals surface area contributed by atoms with Crippen LogP contribution in [0.25, 0.3) is 0 Å². The molecule has 1 rings (SSSR count). The first-order valence-electron chi connectivity index (χ1n) is 2.27. The maximum atomic E-state index is 10.6. The summed E-state index contributed by atoms with van der Waals surface area (Å²) in [5.41, 5.74) is 4.96. The van der Waals surface area contributed by atoms with Crippen LogP contribution in [0.3, 0.4) is 0 Å². The van der Waals surface area contributed by atoms with E-state index >= 15 is 0 Å². The van der Waals surface area contributed by atoms with Crippen LogP contribution >= 0.6 is 12.2 Å². The number of aromatic nitrogens is 2. The van der Waals surface area contributed by atoms with Crippen molar-refractivity contribution in [1.82, 2.24) is 9.97 Å². The summed E-state index contributed by atoms with van der Waals surface area (Å²) in [4.78, 5) is 15.5. The van der Waals surface area contributed by atoms with E-state index < -0.39 is 0 Å². The Hall–Kier alpha value is -1.10. The quantitative estimate of drug-likeness (QED) is 0.448. The summed E-state index contributed by atoms with van der Waals surface area (Å²) < 4.78 is 0.286. The summed E-state index contributed by atoms with van der Waals surface area (Å²) in [6.07, 6.45) is 1.36. The fourth-order valence-electron chi connectivity index (χ4n) is 0.420. The van der Waals surface area contributed by atoms with Crippen LogP contribution in [0, 0.1) is 4.77 Å². The molecule has 0 unspecified atom stereocenters. The van der Waals surface area contributed by atoms with E-state index in [-0.39, 0.29) is 16.0 Å². The van der Waals surface area contributed by atoms with E-state index in [1.165, 1.54) is 6.20 Å². The van der Waals surface area contributed by atoms with E-state index in [9.17, 15) is 4.79 Å². The summed E-state index contributed by atoms with van der Waals surface area (Å²) in [6.45, 7) is 0. The van der Waals surface area contributed by atoms with E-state index in [1.807, 2.05) is 0 Å². The lowest BCUT2D eigenvalue weighted by Gasteiger charge is -1.87. The Kier molecular flexibility index (Phi) is 1.35. The van der Waals surface area contributed by atoms with Gasteiger partial charge in [-0.1, -0.05) is 0 Å². The predicted molar refractivity (Wildman–Crippen MR) is 36.7 cm³/mol. The van der Waals surface area contributed by atoms with E-state index in [2.05, 4.69) is 22.2 Å². The number of aromatic amines is 2. The topological polar surface area (TPSA) is 74.7 Å². The zero-order valence-corrected chi connectivity index (χ0v) is 5.29. The van der Waals surface area contributed by atoms with Crippen LogP contribution < -0.4 is 11.3 Å². The Labute approximate surface area is 55.7 Å². The van der Waals surface area contributed by atoms with Crippen molar-refractivity contribution in [1.29, 1.82) is 0 Å². The Morgan fingerprint density at radius 3 is 2.78 bits per heavy atom. The molecule has 0 fully saturated rings. The molecule has 1 aromatic rings. The van der Waals surface area contributed by atoms with Crippen LogP contribution in [-0.4, -0.2) is 9.97 Å². The summed E-state index contributed by atoms with van der Waals surface area (Å²) >= 11 is 4.59. The van der Waals surface area contributed by atoms with Gasteiger partial charge in [0, 0.05) is 6.20 Å². The van der Waals surface area contributed by atoms with Crippen molar-refractivity contribution >= 4 is 17.9 Å². The highest BCUT2D eigenvalue weighted by molar-refractivity contribution is 7.71. The van der Waals surface area contributed by atoms with Crippen LogP contribution in [0.4, 0.5) is 5.69 Å². The number of hydrogen-bond donors (Lipinski definition) is 3. The monoisotopic (exact) mass is 143 g/mol. The number of anilines is 1. The van der Waals surface area contributed by atoms with Gasteiger partial charge in [0.1, 0.15) is 5.69 Å². The van der Waals surface area contributed by atoms with Gasteiger partial charge in [-0.15, -0.1) is 0 Å². The number of nitrogens with two attached hydrogens (primary N) is 1. The van der Waals surface area contributed by atoms with Crippen molar-refractivity contribution in [2.75, 3.05) is 5.73 Å². The molecule has 0 saturated carbocycles. The van der Waals surface area contributed by atoms with Crippen LogP contribution in [-0.2, 0) is 0 Å². The summed E-state index contributed by atoms with van der Waals surface area (Å²) in [5.74, 6) is 0. The third-order valence-electron chi connectivity index (χ3n) is 0.848. The van der Waals surface area contributed by atoms with Crippen molar-refractivity contribution in [2.45, 2.75) is 0 Å². The number of rotatable bonds is 0. The number of H-pyrrole nitrogens is 2. The molecule has 48 valence electrons. The Morgan fingerprint density at radius 2 is 2.33 bits per heavy atom. The van der Waals surface area contributed by atoms with Crippen molar-refractivity contribution < 1.29 is 0 Å². The molecule has 0 aliphatic heterocycles. The minimum Gasteiger partial charge on any atom is -0.393 e. The molecule has 1 aromatic heterocycles. The third-order valence-corrected chi connectivity index (χ3v) is 1.07. The Bertz CT molecular complexity index is 312. The predicted octanol–water partition coefficient (Wildman–Crippen LogP) is 0.0147. The van der Waals surface area contributed by atoms with Gasteiger partial charge < -0.3 is 10.7 Å². The number of nitrogens with one attached hydrogen (secondary N) is 2. The van der Waals surface area contributed by atoms with Gasteiger partial charge in [0.05, 0.1) is 0 Å². The molecule has 0 aromatic carbocycles. The van der Waals surface area contributed by atoms with E-state index in [0.717, 1.165) is 0 Å². The van der Waals surface area contributed by atoms with Gasteiger partial charge in [-0.25, -0.2) is 0 Å². The van der Waals surface area contributed by atoms with Crippen LogP contribution in [0.5, 0.6) is 0 Å². The first kappa shape index (κ1) is 6.03. The molecule has 5 heteroatoms. The zero-order valence-electron chi connectivity index (χ0n) is 4.47. The molecule has 0 aliphatic carbocycles. The summed E-state index contributed by atoms with van der Waals surface area (Å²) in [5, 5.41) is 0. The van der Waals surface area contributed by atoms with E-state index in [1.54, 1.807) is 0 Å². The lowest BCUT2D eigenvalue weighted by atomic mass is 10.6. The van der Waals surface area contributed by atoms with Crippen LogP contribution in [0.2, 0.25) is 0 Å². The normalized spacial score (nSPS) is 9.33. The average molecular weight is 143 g/mol. The first-order chi connectivity index (χ1) is 4.20. The van der Waals surface area contributed by atoms with Crippen molar-refractivity contribution in [3.8, 4) is 0 Å². The van der Waals surface area contributed by atoms with Gasteiger partial charge in [-0.05, 0) is 12.2 Å². The standard InChI is InChI=1S/C4H5N3OS/c5-2-1-6-4(9)7-3(2)8/h1H,5H2,(H2,6,7,8,9). The van der Waals surface area contributed by atoms with Gasteiger partial charge in [-0.2, -0.15) is 0 Å². The number of hydrogen-bond acceptors (Lipinski definition) is 3. The van der Waals surface area contributed by atoms with Crippen LogP contribution in [0.1, 0.15) is 0 Å². The second-order valence-electron chi connectivity index (χ2n) is 1.53. The molecule has 0 bridgehead atoms. The maximum Gasteiger partial charge on any atom is 0.274 e. The molecule has 1 heterocycles. The molecule has 0 spiro atoms. The third kappa shape index (κ3) is 1.17. The van der Waals surface area contributed by atoms with Gasteiger partial charge in [0.25, 0.3) is 5.56 Å². The van der Waals surface area contributed by atoms with Crippen molar-refractivity contribution in [3.05, 3.63) is 21.3 Å². The first-order valence-corrected chi connectivity index (χ1v) is 2.68. The SMILES string of the molecule is Nc1c[nH]c(=S)[nH]c1=O. The average Bonchev–Trinajstić information content (AvgIpc) is 1.80. The smallest absolute Gasteiger partial charge is 0.274 e. The maximum absolute atomic E-state index is 10.6. The highest BCUT2D eigenvalue weighted by Gasteiger charge is 1.87. The second kappa shape index (κ2) is 2.02. The highest BCUT2D eigenvalue weighted by Crippen LogP contribution is 1.82. The minimum absolute atomic E-state index is 0.142. The molecule has 9 heavy (non-hydrogen) atoms. The summed E-state index contributed by atoms with van der Waals surface area (Å²) in [6, 6.07) is 0. The molecular formula is C4H5N3OS. The van der Waals surface area contributed by atoms with Gasteiger partial charge >= 0.3 is 0 Å². The highest BCUT2D eigenvalue weighted by atomic mass is 32.1. The molecule has 0 atom stereocenters. The number of nitrogen functional groups attached to an aromatic ring is 1. The van der Waals surface area contributed by atoms with Gasteiger partial charge in [0.2, 0.25) is 0 Å². The van der Waals surface area contributed by atoms with Crippen molar-refractivity contribution in [2.24, 2.45) is 0 Å². The fraction of sp³-hybridized carbons (Fsp3) is 0. The molecular weight excluding hydrogens is 138 g/mol. The van der Waals surface area contributed by atoms with E-state index in [4.69, 9.17) is 5.73 Å². The zero-order chi connectivity index (χ0) is 6.85. The van der Waals surface area contributed by atoms with Gasteiger partial charge in [-0.3, -0.25) is 9.78 Å². The van der Waals surface area contributed by atoms with Gasteiger partial charge in [0.15, 0.2) is 4.77 Å². The molecule has 0 radical (unpaired) electrons. The molecule has 4 nitrogen and oxygen atoms in total. The molecule has 0 aliphatic rings. The minimum atomic E-state index is -0.348. The largest absolute Gasteiger partial charge is 0.393 e.